The monoisotopic (exact) mass is 224 g/mol. The Morgan fingerprint density at radius 1 is 1.44 bits per heavy atom. The third-order valence-electron chi connectivity index (χ3n) is 1.31. The zero-order chi connectivity index (χ0) is 12.2. The molecular weight excluding hydrogens is 212 g/mol. The van der Waals surface area contributed by atoms with Crippen LogP contribution in [0.3, 0.4) is 0 Å². The van der Waals surface area contributed by atoms with E-state index in [0.717, 1.165) is 0 Å². The molecule has 0 saturated heterocycles. The highest BCUT2D eigenvalue weighted by atomic mass is 16.6. The summed E-state index contributed by atoms with van der Waals surface area (Å²) < 4.78 is 4.97. The Hall–Kier alpha value is -2.05. The molecule has 0 fully saturated rings. The molecule has 0 aliphatic rings. The number of aromatic nitrogens is 3. The van der Waals surface area contributed by atoms with Crippen LogP contribution >= 0.6 is 0 Å². The number of ether oxygens (including phenoxy) is 1. The van der Waals surface area contributed by atoms with Gasteiger partial charge in [-0.25, -0.2) is 9.78 Å². The molecule has 1 aromatic heterocycles. The van der Waals surface area contributed by atoms with E-state index in [-0.39, 0.29) is 11.6 Å². The van der Waals surface area contributed by atoms with E-state index in [1.807, 2.05) is 0 Å². The van der Waals surface area contributed by atoms with Gasteiger partial charge in [-0.1, -0.05) is 0 Å². The standard InChI is InChI=1S/C9H12N4O3/c1-9(2,3)16-8(15)11-7-10-4-6(5-14)12-13-7/h4-5H,1-3H3,(H,10,11,13,15). The topological polar surface area (TPSA) is 94.1 Å². The van der Waals surface area contributed by atoms with Crippen molar-refractivity contribution in [1.29, 1.82) is 0 Å². The summed E-state index contributed by atoms with van der Waals surface area (Å²) >= 11 is 0. The largest absolute Gasteiger partial charge is 0.444 e. The third kappa shape index (κ3) is 3.99. The number of nitrogens with one attached hydrogen (secondary N) is 1. The molecule has 0 saturated carbocycles. The van der Waals surface area contributed by atoms with Crippen molar-refractivity contribution >= 4 is 18.3 Å². The molecule has 0 spiro atoms. The number of hydrogen-bond acceptors (Lipinski definition) is 6. The normalized spacial score (nSPS) is 10.7. The quantitative estimate of drug-likeness (QED) is 0.754. The average Bonchev–Trinajstić information content (AvgIpc) is 2.16. The molecule has 0 radical (unpaired) electrons. The van der Waals surface area contributed by atoms with Gasteiger partial charge in [-0.15, -0.1) is 10.2 Å². The number of anilines is 1. The highest BCUT2D eigenvalue weighted by Gasteiger charge is 2.16. The van der Waals surface area contributed by atoms with Crippen molar-refractivity contribution in [2.75, 3.05) is 5.32 Å². The van der Waals surface area contributed by atoms with Crippen LogP contribution in [-0.4, -0.2) is 33.2 Å². The molecule has 1 rings (SSSR count). The van der Waals surface area contributed by atoms with Crippen molar-refractivity contribution in [2.45, 2.75) is 26.4 Å². The van der Waals surface area contributed by atoms with Crippen LogP contribution < -0.4 is 5.32 Å². The first kappa shape index (κ1) is 12.0. The minimum Gasteiger partial charge on any atom is -0.444 e. The van der Waals surface area contributed by atoms with Crippen LogP contribution in [0.4, 0.5) is 10.7 Å². The maximum absolute atomic E-state index is 11.3. The minimum atomic E-state index is -0.673. The van der Waals surface area contributed by atoms with Gasteiger partial charge in [-0.05, 0) is 20.8 Å². The highest BCUT2D eigenvalue weighted by Crippen LogP contribution is 2.08. The second-order valence-electron chi connectivity index (χ2n) is 3.95. The summed E-state index contributed by atoms with van der Waals surface area (Å²) in [5.41, 5.74) is -0.505. The van der Waals surface area contributed by atoms with Crippen LogP contribution in [0.1, 0.15) is 31.3 Å². The van der Waals surface area contributed by atoms with Gasteiger partial charge in [0.2, 0.25) is 0 Å². The Kier molecular flexibility index (Phi) is 3.49. The van der Waals surface area contributed by atoms with E-state index in [4.69, 9.17) is 4.74 Å². The number of hydrogen-bond donors (Lipinski definition) is 1. The second kappa shape index (κ2) is 4.65. The number of carbonyl (C=O) groups is 2. The number of rotatable bonds is 2. The molecular formula is C9H12N4O3. The van der Waals surface area contributed by atoms with Crippen molar-refractivity contribution in [1.82, 2.24) is 15.2 Å². The maximum Gasteiger partial charge on any atom is 0.414 e. The number of nitrogens with zero attached hydrogens (tertiary/aromatic N) is 3. The first-order valence-corrected chi connectivity index (χ1v) is 4.55. The van der Waals surface area contributed by atoms with Crippen LogP contribution in [0.25, 0.3) is 0 Å². The second-order valence-corrected chi connectivity index (χ2v) is 3.95. The zero-order valence-electron chi connectivity index (χ0n) is 9.22. The average molecular weight is 224 g/mol. The maximum atomic E-state index is 11.3. The Labute approximate surface area is 92.2 Å². The summed E-state index contributed by atoms with van der Waals surface area (Å²) in [7, 11) is 0. The molecule has 0 unspecified atom stereocenters. The number of aldehydes is 1. The molecule has 7 heteroatoms. The van der Waals surface area contributed by atoms with Gasteiger partial charge < -0.3 is 4.74 Å². The molecule has 0 atom stereocenters. The lowest BCUT2D eigenvalue weighted by Crippen LogP contribution is -2.27. The summed E-state index contributed by atoms with van der Waals surface area (Å²) in [6.45, 7) is 5.21. The summed E-state index contributed by atoms with van der Waals surface area (Å²) in [6.07, 6.45) is 1.04. The molecule has 0 aliphatic heterocycles. The Bertz CT molecular complexity index is 383. The fourth-order valence-corrected chi connectivity index (χ4v) is 0.790. The van der Waals surface area contributed by atoms with Crippen molar-refractivity contribution in [3.05, 3.63) is 11.9 Å². The van der Waals surface area contributed by atoms with Gasteiger partial charge in [0, 0.05) is 0 Å². The van der Waals surface area contributed by atoms with Gasteiger partial charge in [0.25, 0.3) is 5.95 Å². The predicted octanol–water partition coefficient (Wildman–Crippen LogP) is 1.03. The minimum absolute atomic E-state index is 0.0140. The van der Waals surface area contributed by atoms with E-state index in [1.165, 1.54) is 6.20 Å². The summed E-state index contributed by atoms with van der Waals surface area (Å²) in [5.74, 6) is -0.0140. The molecule has 1 amide bonds. The Morgan fingerprint density at radius 3 is 2.56 bits per heavy atom. The lowest BCUT2D eigenvalue weighted by Gasteiger charge is -2.18. The molecule has 16 heavy (non-hydrogen) atoms. The smallest absolute Gasteiger partial charge is 0.414 e. The van der Waals surface area contributed by atoms with Gasteiger partial charge >= 0.3 is 6.09 Å². The van der Waals surface area contributed by atoms with E-state index in [2.05, 4.69) is 20.5 Å². The summed E-state index contributed by atoms with van der Waals surface area (Å²) in [6, 6.07) is 0. The molecule has 1 heterocycles. The van der Waals surface area contributed by atoms with Gasteiger partial charge in [0.1, 0.15) is 11.3 Å². The fraction of sp³-hybridized carbons (Fsp3) is 0.444. The van der Waals surface area contributed by atoms with Crippen LogP contribution in [0.5, 0.6) is 0 Å². The predicted molar refractivity (Wildman–Crippen MR) is 55.1 cm³/mol. The molecule has 0 aliphatic carbocycles. The lowest BCUT2D eigenvalue weighted by atomic mass is 10.2. The summed E-state index contributed by atoms with van der Waals surface area (Å²) in [4.78, 5) is 25.2. The van der Waals surface area contributed by atoms with Crippen LogP contribution in [0.15, 0.2) is 6.20 Å². The molecule has 7 nitrogen and oxygen atoms in total. The Morgan fingerprint density at radius 2 is 2.12 bits per heavy atom. The van der Waals surface area contributed by atoms with Crippen molar-refractivity contribution < 1.29 is 14.3 Å². The highest BCUT2D eigenvalue weighted by molar-refractivity contribution is 5.82. The van der Waals surface area contributed by atoms with Crippen molar-refractivity contribution in [2.24, 2.45) is 0 Å². The molecule has 1 aromatic rings. The van der Waals surface area contributed by atoms with Crippen LogP contribution in [0, 0.1) is 0 Å². The van der Waals surface area contributed by atoms with Gasteiger partial charge in [-0.3, -0.25) is 10.1 Å². The molecule has 1 N–H and O–H groups in total. The van der Waals surface area contributed by atoms with Crippen LogP contribution in [-0.2, 0) is 4.74 Å². The van der Waals surface area contributed by atoms with Gasteiger partial charge in [0.05, 0.1) is 6.20 Å². The molecule has 0 aromatic carbocycles. The third-order valence-corrected chi connectivity index (χ3v) is 1.31. The zero-order valence-corrected chi connectivity index (χ0v) is 9.22. The summed E-state index contributed by atoms with van der Waals surface area (Å²) in [5, 5.41) is 9.30. The van der Waals surface area contributed by atoms with E-state index >= 15 is 0 Å². The van der Waals surface area contributed by atoms with Crippen LogP contribution in [0.2, 0.25) is 0 Å². The molecule has 0 bridgehead atoms. The first-order valence-electron chi connectivity index (χ1n) is 4.55. The number of amides is 1. The van der Waals surface area contributed by atoms with Gasteiger partial charge in [0.15, 0.2) is 6.29 Å². The number of carbonyl (C=O) groups excluding carboxylic acids is 2. The van der Waals surface area contributed by atoms with E-state index in [0.29, 0.717) is 6.29 Å². The van der Waals surface area contributed by atoms with E-state index in [9.17, 15) is 9.59 Å². The fourth-order valence-electron chi connectivity index (χ4n) is 0.790. The lowest BCUT2D eigenvalue weighted by molar-refractivity contribution is 0.0634. The van der Waals surface area contributed by atoms with Crippen molar-refractivity contribution in [3.63, 3.8) is 0 Å². The SMILES string of the molecule is CC(C)(C)OC(=O)Nc1ncc(C=O)nn1. The van der Waals surface area contributed by atoms with E-state index < -0.39 is 11.7 Å². The molecule has 86 valence electrons. The van der Waals surface area contributed by atoms with E-state index in [1.54, 1.807) is 20.8 Å². The first-order chi connectivity index (χ1) is 7.40. The van der Waals surface area contributed by atoms with Crippen molar-refractivity contribution in [3.8, 4) is 0 Å². The Balaban J connectivity index is 2.59. The van der Waals surface area contributed by atoms with Gasteiger partial charge in [-0.2, -0.15) is 0 Å².